The van der Waals surface area contributed by atoms with E-state index in [4.69, 9.17) is 4.74 Å². The van der Waals surface area contributed by atoms with Gasteiger partial charge in [-0.2, -0.15) is 5.10 Å². The van der Waals surface area contributed by atoms with E-state index in [-0.39, 0.29) is 11.7 Å². The lowest BCUT2D eigenvalue weighted by atomic mass is 10.3. The molecule has 3 rings (SSSR count). The number of aryl methyl sites for hydroxylation is 2. The van der Waals surface area contributed by atoms with Crippen LogP contribution in [-0.2, 0) is 11.8 Å². The smallest absolute Gasteiger partial charge is 0.236 e. The summed E-state index contributed by atoms with van der Waals surface area (Å²) in [6.07, 6.45) is 1.77. The summed E-state index contributed by atoms with van der Waals surface area (Å²) >= 11 is 1.32. The monoisotopic (exact) mass is 358 g/mol. The Morgan fingerprint density at radius 2 is 2.00 bits per heavy atom. The van der Waals surface area contributed by atoms with Crippen molar-refractivity contribution in [2.75, 3.05) is 18.2 Å². The molecule has 0 bridgehead atoms. The number of anilines is 1. The van der Waals surface area contributed by atoms with Crippen LogP contribution in [0, 0.1) is 6.92 Å². The molecule has 0 unspecified atom stereocenters. The Balaban J connectivity index is 1.69. The van der Waals surface area contributed by atoms with Gasteiger partial charge in [-0.1, -0.05) is 11.8 Å². The number of methoxy groups -OCH3 is 1. The highest BCUT2D eigenvalue weighted by Gasteiger charge is 2.14. The lowest BCUT2D eigenvalue weighted by Gasteiger charge is -2.09. The maximum Gasteiger partial charge on any atom is 0.236 e. The first-order valence-corrected chi connectivity index (χ1v) is 8.54. The van der Waals surface area contributed by atoms with Gasteiger partial charge in [-0.3, -0.25) is 14.0 Å². The second-order valence-electron chi connectivity index (χ2n) is 5.27. The predicted molar refractivity (Wildman–Crippen MR) is 95.2 cm³/mol. The molecule has 0 spiro atoms. The van der Waals surface area contributed by atoms with Crippen molar-refractivity contribution in [2.24, 2.45) is 7.05 Å². The number of amides is 1. The number of benzene rings is 1. The van der Waals surface area contributed by atoms with Crippen LogP contribution in [0.25, 0.3) is 5.69 Å². The van der Waals surface area contributed by atoms with E-state index < -0.39 is 0 Å². The van der Waals surface area contributed by atoms with Gasteiger partial charge in [-0.15, -0.1) is 10.2 Å². The van der Waals surface area contributed by atoms with Crippen LogP contribution in [-0.4, -0.2) is 43.3 Å². The number of nitrogens with one attached hydrogen (secondary N) is 1. The molecule has 0 saturated heterocycles. The summed E-state index contributed by atoms with van der Waals surface area (Å²) < 4.78 is 8.71. The molecule has 1 amide bonds. The maximum atomic E-state index is 12.1. The minimum atomic E-state index is -0.148. The first-order valence-electron chi connectivity index (χ1n) is 7.55. The minimum Gasteiger partial charge on any atom is -0.497 e. The molecule has 0 aliphatic carbocycles. The molecule has 2 heterocycles. The van der Waals surface area contributed by atoms with Crippen molar-refractivity contribution >= 4 is 23.5 Å². The molecule has 2 aromatic heterocycles. The van der Waals surface area contributed by atoms with E-state index in [1.54, 1.807) is 31.1 Å². The van der Waals surface area contributed by atoms with E-state index in [1.807, 2.05) is 35.8 Å². The van der Waals surface area contributed by atoms with Gasteiger partial charge in [0, 0.05) is 25.0 Å². The quantitative estimate of drug-likeness (QED) is 0.679. The normalized spacial score (nSPS) is 10.7. The Bertz CT molecular complexity index is 871. The zero-order valence-electron chi connectivity index (χ0n) is 14.1. The molecule has 8 nitrogen and oxygen atoms in total. The fourth-order valence-corrected chi connectivity index (χ4v) is 3.05. The van der Waals surface area contributed by atoms with Crippen LogP contribution in [0.4, 0.5) is 5.82 Å². The van der Waals surface area contributed by atoms with E-state index in [9.17, 15) is 4.79 Å². The van der Waals surface area contributed by atoms with Crippen LogP contribution < -0.4 is 10.1 Å². The summed E-state index contributed by atoms with van der Waals surface area (Å²) in [5, 5.41) is 15.8. The van der Waals surface area contributed by atoms with Crippen LogP contribution in [0.2, 0.25) is 0 Å². The van der Waals surface area contributed by atoms with E-state index in [0.29, 0.717) is 11.0 Å². The first-order chi connectivity index (χ1) is 12.1. The van der Waals surface area contributed by atoms with Crippen LogP contribution in [0.5, 0.6) is 5.75 Å². The first kappa shape index (κ1) is 17.0. The number of carbonyl (C=O) groups is 1. The number of hydrogen-bond donors (Lipinski definition) is 1. The van der Waals surface area contributed by atoms with Crippen molar-refractivity contribution in [3.8, 4) is 11.4 Å². The predicted octanol–water partition coefficient (Wildman–Crippen LogP) is 2.05. The van der Waals surface area contributed by atoms with Gasteiger partial charge in [0.05, 0.1) is 12.9 Å². The summed E-state index contributed by atoms with van der Waals surface area (Å²) in [5.41, 5.74) is 0.913. The highest BCUT2D eigenvalue weighted by Crippen LogP contribution is 2.23. The summed E-state index contributed by atoms with van der Waals surface area (Å²) in [6, 6.07) is 9.33. The molecule has 1 N–H and O–H groups in total. The summed E-state index contributed by atoms with van der Waals surface area (Å²) in [5.74, 6) is 2.12. The number of aromatic nitrogens is 5. The molecule has 0 aliphatic heterocycles. The molecular weight excluding hydrogens is 340 g/mol. The Kier molecular flexibility index (Phi) is 5.03. The van der Waals surface area contributed by atoms with Gasteiger partial charge in [0.2, 0.25) is 5.91 Å². The third kappa shape index (κ3) is 4.00. The van der Waals surface area contributed by atoms with Crippen molar-refractivity contribution in [1.82, 2.24) is 24.5 Å². The fourth-order valence-electron chi connectivity index (χ4n) is 2.26. The van der Waals surface area contributed by atoms with Gasteiger partial charge in [0.15, 0.2) is 11.0 Å². The Labute approximate surface area is 149 Å². The molecule has 0 aliphatic rings. The lowest BCUT2D eigenvalue weighted by molar-refractivity contribution is -0.113. The molecule has 0 saturated carbocycles. The highest BCUT2D eigenvalue weighted by atomic mass is 32.2. The molecule has 130 valence electrons. The molecule has 3 aromatic rings. The molecule has 0 atom stereocenters. The van der Waals surface area contributed by atoms with E-state index in [0.717, 1.165) is 17.3 Å². The van der Waals surface area contributed by atoms with Gasteiger partial charge in [0.1, 0.15) is 11.6 Å². The number of carbonyl (C=O) groups excluding carboxylic acids is 1. The van der Waals surface area contributed by atoms with Crippen molar-refractivity contribution in [2.45, 2.75) is 12.1 Å². The second kappa shape index (κ2) is 7.39. The molecular formula is C16H18N6O2S. The van der Waals surface area contributed by atoms with Crippen molar-refractivity contribution in [3.63, 3.8) is 0 Å². The third-order valence-electron chi connectivity index (χ3n) is 3.44. The van der Waals surface area contributed by atoms with Gasteiger partial charge in [-0.05, 0) is 31.2 Å². The standard InChI is InChI=1S/C16H18N6O2S/c1-11-18-19-16(22(11)12-4-6-13(24-3)7-5-12)25-10-15(23)17-14-8-9-21(2)20-14/h4-9H,10H2,1-3H3,(H,17,20,23). The number of hydrogen-bond acceptors (Lipinski definition) is 6. The van der Waals surface area contributed by atoms with Crippen LogP contribution >= 0.6 is 11.8 Å². The average molecular weight is 358 g/mol. The van der Waals surface area contributed by atoms with Gasteiger partial charge in [-0.25, -0.2) is 0 Å². The summed E-state index contributed by atoms with van der Waals surface area (Å²) in [6.45, 7) is 1.87. The number of ether oxygens (including phenoxy) is 1. The van der Waals surface area contributed by atoms with Crippen molar-refractivity contribution in [3.05, 3.63) is 42.4 Å². The van der Waals surface area contributed by atoms with Gasteiger partial charge < -0.3 is 10.1 Å². The van der Waals surface area contributed by atoms with Gasteiger partial charge >= 0.3 is 0 Å². The molecule has 0 radical (unpaired) electrons. The minimum absolute atomic E-state index is 0.148. The van der Waals surface area contributed by atoms with Crippen LogP contribution in [0.3, 0.4) is 0 Å². The number of rotatable bonds is 6. The third-order valence-corrected chi connectivity index (χ3v) is 4.37. The molecule has 1 aromatic carbocycles. The van der Waals surface area contributed by atoms with E-state index >= 15 is 0 Å². The Hall–Kier alpha value is -2.81. The largest absolute Gasteiger partial charge is 0.497 e. The molecule has 9 heteroatoms. The fraction of sp³-hybridized carbons (Fsp3) is 0.250. The number of thioether (sulfide) groups is 1. The van der Waals surface area contributed by atoms with Crippen molar-refractivity contribution < 1.29 is 9.53 Å². The van der Waals surface area contributed by atoms with E-state index in [2.05, 4.69) is 20.6 Å². The van der Waals surface area contributed by atoms with Gasteiger partial charge in [0.25, 0.3) is 0 Å². The molecule has 0 fully saturated rings. The zero-order chi connectivity index (χ0) is 17.8. The summed E-state index contributed by atoms with van der Waals surface area (Å²) in [4.78, 5) is 12.1. The topological polar surface area (TPSA) is 86.9 Å². The van der Waals surface area contributed by atoms with Crippen LogP contribution in [0.15, 0.2) is 41.7 Å². The number of nitrogens with zero attached hydrogens (tertiary/aromatic N) is 5. The Morgan fingerprint density at radius 1 is 1.24 bits per heavy atom. The Morgan fingerprint density at radius 3 is 2.64 bits per heavy atom. The molecule has 25 heavy (non-hydrogen) atoms. The highest BCUT2D eigenvalue weighted by molar-refractivity contribution is 7.99. The lowest BCUT2D eigenvalue weighted by Crippen LogP contribution is -2.15. The van der Waals surface area contributed by atoms with E-state index in [1.165, 1.54) is 11.8 Å². The second-order valence-corrected chi connectivity index (χ2v) is 6.22. The van der Waals surface area contributed by atoms with Crippen molar-refractivity contribution in [1.29, 1.82) is 0 Å². The average Bonchev–Trinajstić information content (AvgIpc) is 3.18. The van der Waals surface area contributed by atoms with Crippen LogP contribution in [0.1, 0.15) is 5.82 Å². The SMILES string of the molecule is COc1ccc(-n2c(C)nnc2SCC(=O)Nc2ccn(C)n2)cc1. The summed E-state index contributed by atoms with van der Waals surface area (Å²) in [7, 11) is 3.42. The maximum absolute atomic E-state index is 12.1. The zero-order valence-corrected chi connectivity index (χ0v) is 14.9.